The smallest absolute Gasteiger partial charge is 0.253 e. The molecule has 2 fully saturated rings. The highest BCUT2D eigenvalue weighted by Gasteiger charge is 2.33. The van der Waals surface area contributed by atoms with Crippen LogP contribution in [0.3, 0.4) is 0 Å². The number of carbonyl (C=O) groups is 1. The van der Waals surface area contributed by atoms with Gasteiger partial charge in [0.25, 0.3) is 5.91 Å². The third kappa shape index (κ3) is 2.18. The first-order valence-electron chi connectivity index (χ1n) is 5.94. The van der Waals surface area contributed by atoms with Crippen molar-refractivity contribution in [2.24, 2.45) is 0 Å². The van der Waals surface area contributed by atoms with Crippen LogP contribution in [0.25, 0.3) is 0 Å². The Bertz CT molecular complexity index is 593. The van der Waals surface area contributed by atoms with Crippen molar-refractivity contribution in [1.29, 1.82) is 0 Å². The van der Waals surface area contributed by atoms with E-state index in [9.17, 15) is 18.5 Å². The van der Waals surface area contributed by atoms with Crippen LogP contribution in [0.4, 0.5) is 10.1 Å². The normalized spacial score (nSPS) is 22.6. The Balaban J connectivity index is 1.94. The van der Waals surface area contributed by atoms with E-state index < -0.39 is 28.6 Å². The minimum absolute atomic E-state index is 0.0411. The summed E-state index contributed by atoms with van der Waals surface area (Å²) in [6.07, 6.45) is -0.134. The lowest BCUT2D eigenvalue weighted by Gasteiger charge is -2.28. The zero-order chi connectivity index (χ0) is 14.3. The number of amides is 1. The van der Waals surface area contributed by atoms with Gasteiger partial charge in [0.2, 0.25) is 11.2 Å². The molecule has 0 aliphatic carbocycles. The van der Waals surface area contributed by atoms with E-state index in [4.69, 9.17) is 4.74 Å². The number of carbonyl (C=O) groups excluding carboxylic acids is 1. The molecule has 1 aromatic carbocycles. The fourth-order valence-corrected chi connectivity index (χ4v) is 2.87. The summed E-state index contributed by atoms with van der Waals surface area (Å²) in [6, 6.07) is 2.56. The molecule has 1 atom stereocenters. The molecular formula is C11H12FN3O4S. The van der Waals surface area contributed by atoms with Crippen LogP contribution in [0, 0.1) is 5.82 Å². The van der Waals surface area contributed by atoms with Gasteiger partial charge in [0.05, 0.1) is 0 Å². The van der Waals surface area contributed by atoms with Gasteiger partial charge in [0.15, 0.2) is 11.6 Å². The standard InChI is InChI=1S/C11H12FN3O4S/c12-10-8(19-6-3-13-4-6)2-1-7(16)11(10)15-5-9(17)14-20(15)18/h1-2,6,13,16H,3-5H2,(H,14,17). The second-order valence-corrected chi connectivity index (χ2v) is 5.60. The third-order valence-corrected chi connectivity index (χ3v) is 4.15. The highest BCUT2D eigenvalue weighted by atomic mass is 32.2. The molecule has 108 valence electrons. The number of halogens is 1. The van der Waals surface area contributed by atoms with Gasteiger partial charge in [0, 0.05) is 13.1 Å². The summed E-state index contributed by atoms with van der Waals surface area (Å²) in [5.74, 6) is -1.77. The molecule has 0 radical (unpaired) electrons. The zero-order valence-electron chi connectivity index (χ0n) is 10.3. The minimum Gasteiger partial charge on any atom is -0.506 e. The van der Waals surface area contributed by atoms with Crippen LogP contribution in [0.5, 0.6) is 11.5 Å². The van der Waals surface area contributed by atoms with Crippen LogP contribution in [0.15, 0.2) is 12.1 Å². The highest BCUT2D eigenvalue weighted by molar-refractivity contribution is 7.85. The van der Waals surface area contributed by atoms with Crippen LogP contribution in [0.1, 0.15) is 0 Å². The average Bonchev–Trinajstić information content (AvgIpc) is 2.65. The van der Waals surface area contributed by atoms with Crippen molar-refractivity contribution in [2.75, 3.05) is 23.9 Å². The molecule has 1 amide bonds. The van der Waals surface area contributed by atoms with Crippen LogP contribution in [-0.2, 0) is 16.0 Å². The van der Waals surface area contributed by atoms with Gasteiger partial charge in [-0.2, -0.15) is 0 Å². The monoisotopic (exact) mass is 301 g/mol. The van der Waals surface area contributed by atoms with Gasteiger partial charge in [-0.3, -0.25) is 13.8 Å². The molecule has 2 aliphatic heterocycles. The van der Waals surface area contributed by atoms with Gasteiger partial charge in [-0.05, 0) is 12.1 Å². The number of phenols is 1. The molecule has 20 heavy (non-hydrogen) atoms. The molecule has 3 N–H and O–H groups in total. The summed E-state index contributed by atoms with van der Waals surface area (Å²) in [6.45, 7) is 0.947. The number of benzene rings is 1. The first kappa shape index (κ1) is 13.1. The summed E-state index contributed by atoms with van der Waals surface area (Å²) >= 11 is -1.91. The Morgan fingerprint density at radius 1 is 1.45 bits per heavy atom. The minimum atomic E-state index is -1.91. The third-order valence-electron chi connectivity index (χ3n) is 3.04. The number of aromatic hydroxyl groups is 1. The van der Waals surface area contributed by atoms with E-state index in [1.807, 2.05) is 0 Å². The van der Waals surface area contributed by atoms with Gasteiger partial charge >= 0.3 is 0 Å². The van der Waals surface area contributed by atoms with Gasteiger partial charge in [-0.1, -0.05) is 0 Å². The van der Waals surface area contributed by atoms with Crippen molar-refractivity contribution in [3.8, 4) is 11.5 Å². The quantitative estimate of drug-likeness (QED) is 0.693. The van der Waals surface area contributed by atoms with Gasteiger partial charge in [-0.25, -0.2) is 8.60 Å². The molecule has 0 saturated carbocycles. The molecule has 0 bridgehead atoms. The zero-order valence-corrected chi connectivity index (χ0v) is 11.1. The van der Waals surface area contributed by atoms with E-state index in [1.54, 1.807) is 0 Å². The summed E-state index contributed by atoms with van der Waals surface area (Å²) < 4.78 is 34.6. The molecule has 9 heteroatoms. The van der Waals surface area contributed by atoms with E-state index in [1.165, 1.54) is 12.1 Å². The SMILES string of the molecule is O=C1CN(c2c(O)ccc(OC3CNC3)c2F)S(=O)N1. The largest absolute Gasteiger partial charge is 0.506 e. The van der Waals surface area contributed by atoms with Crippen molar-refractivity contribution < 1.29 is 23.2 Å². The van der Waals surface area contributed by atoms with Crippen molar-refractivity contribution in [2.45, 2.75) is 6.10 Å². The number of hydrogen-bond donors (Lipinski definition) is 3. The predicted octanol–water partition coefficient (Wildman–Crippen LogP) is -0.603. The lowest BCUT2D eigenvalue weighted by molar-refractivity contribution is -0.117. The second-order valence-electron chi connectivity index (χ2n) is 4.45. The first-order valence-corrected chi connectivity index (χ1v) is 7.04. The van der Waals surface area contributed by atoms with Crippen molar-refractivity contribution in [3.05, 3.63) is 17.9 Å². The highest BCUT2D eigenvalue weighted by Crippen LogP contribution is 2.37. The molecule has 1 unspecified atom stereocenters. The maximum absolute atomic E-state index is 14.4. The number of rotatable bonds is 3. The van der Waals surface area contributed by atoms with Crippen LogP contribution < -0.4 is 19.1 Å². The molecule has 0 spiro atoms. The lowest BCUT2D eigenvalue weighted by atomic mass is 10.2. The molecule has 0 aromatic heterocycles. The van der Waals surface area contributed by atoms with Crippen molar-refractivity contribution >= 4 is 22.8 Å². The van der Waals surface area contributed by atoms with Crippen LogP contribution in [0.2, 0.25) is 0 Å². The Morgan fingerprint density at radius 2 is 2.20 bits per heavy atom. The van der Waals surface area contributed by atoms with E-state index in [2.05, 4.69) is 10.0 Å². The molecule has 1 aromatic rings. The number of hydrogen-bond acceptors (Lipinski definition) is 5. The van der Waals surface area contributed by atoms with E-state index >= 15 is 0 Å². The molecule has 7 nitrogen and oxygen atoms in total. The summed E-state index contributed by atoms with van der Waals surface area (Å²) in [7, 11) is 0. The average molecular weight is 301 g/mol. The molecule has 2 aliphatic rings. The summed E-state index contributed by atoms with van der Waals surface area (Å²) in [4.78, 5) is 11.2. The summed E-state index contributed by atoms with van der Waals surface area (Å²) in [5, 5.41) is 12.7. The van der Waals surface area contributed by atoms with Gasteiger partial charge < -0.3 is 15.2 Å². The second kappa shape index (κ2) is 4.91. The van der Waals surface area contributed by atoms with Crippen molar-refractivity contribution in [3.63, 3.8) is 0 Å². The van der Waals surface area contributed by atoms with Crippen LogP contribution >= 0.6 is 0 Å². The molecule has 3 rings (SSSR count). The Morgan fingerprint density at radius 3 is 2.75 bits per heavy atom. The summed E-state index contributed by atoms with van der Waals surface area (Å²) in [5.41, 5.74) is -0.300. The predicted molar refractivity (Wildman–Crippen MR) is 69.0 cm³/mol. The van der Waals surface area contributed by atoms with E-state index in [0.717, 1.165) is 4.31 Å². The van der Waals surface area contributed by atoms with E-state index in [-0.39, 0.29) is 24.1 Å². The van der Waals surface area contributed by atoms with Crippen LogP contribution in [-0.4, -0.2) is 41.0 Å². The maximum atomic E-state index is 14.4. The molecular weight excluding hydrogens is 289 g/mol. The number of anilines is 1. The number of nitrogens with zero attached hydrogens (tertiary/aromatic N) is 1. The number of ether oxygens (including phenoxy) is 1. The number of nitrogens with one attached hydrogen (secondary N) is 2. The van der Waals surface area contributed by atoms with Crippen molar-refractivity contribution in [1.82, 2.24) is 10.0 Å². The fourth-order valence-electron chi connectivity index (χ4n) is 1.92. The van der Waals surface area contributed by atoms with Gasteiger partial charge in [-0.15, -0.1) is 0 Å². The topological polar surface area (TPSA) is 90.9 Å². The Hall–Kier alpha value is -1.87. The fraction of sp³-hybridized carbons (Fsp3) is 0.364. The molecule has 2 saturated heterocycles. The lowest BCUT2D eigenvalue weighted by Crippen LogP contribution is -2.50. The maximum Gasteiger partial charge on any atom is 0.253 e. The van der Waals surface area contributed by atoms with E-state index in [0.29, 0.717) is 13.1 Å². The first-order chi connectivity index (χ1) is 9.56. The Labute approximate surface area is 116 Å². The van der Waals surface area contributed by atoms with Gasteiger partial charge in [0.1, 0.15) is 24.1 Å². The molecule has 2 heterocycles. The Kier molecular flexibility index (Phi) is 3.22. The number of phenolic OH excluding ortho intramolecular Hbond substituents is 1.